The second kappa shape index (κ2) is 18.2. The number of carboxylic acid groups (broad SMARTS) is 1. The van der Waals surface area contributed by atoms with Crippen molar-refractivity contribution in [3.8, 4) is 0 Å². The molecule has 0 aliphatic carbocycles. The van der Waals surface area contributed by atoms with Crippen LogP contribution in [0.5, 0.6) is 0 Å². The summed E-state index contributed by atoms with van der Waals surface area (Å²) in [5.41, 5.74) is 0. The van der Waals surface area contributed by atoms with Crippen molar-refractivity contribution in [3.05, 3.63) is 0 Å². The Balaban J connectivity index is 0. The molecule has 0 unspecified atom stereocenters. The van der Waals surface area contributed by atoms with Crippen molar-refractivity contribution in [2.24, 2.45) is 0 Å². The Kier molecular flexibility index (Phi) is 20.4. The van der Waals surface area contributed by atoms with Crippen molar-refractivity contribution in [1.29, 1.82) is 0 Å². The van der Waals surface area contributed by atoms with Crippen molar-refractivity contribution < 1.29 is 19.4 Å². The topological polar surface area (TPSA) is 66.4 Å². The smallest absolute Gasteiger partial charge is 0.550 e. The molecule has 0 fully saturated rings. The van der Waals surface area contributed by atoms with E-state index in [0.29, 0.717) is 6.61 Å². The molecule has 0 spiro atoms. The van der Waals surface area contributed by atoms with Crippen LogP contribution in [0.3, 0.4) is 0 Å². The maximum Gasteiger partial charge on any atom is 2.00 e. The summed E-state index contributed by atoms with van der Waals surface area (Å²) >= 11 is 0. The minimum absolute atomic E-state index is 0. The Labute approximate surface area is 159 Å². The number of carboxylic acids is 1. The number of hydrogen-bond acceptors (Lipinski definition) is 4. The summed E-state index contributed by atoms with van der Waals surface area (Å²) in [5, 5.41) is 10.1. The van der Waals surface area contributed by atoms with E-state index in [1.165, 1.54) is 51.4 Å². The van der Waals surface area contributed by atoms with Gasteiger partial charge in [-0.25, -0.2) is 0 Å². The number of carbonyl (C=O) groups excluding carboxylic acids is 2. The molecule has 0 saturated carbocycles. The molecule has 0 aliphatic rings. The molecular formula is C16H29CaO4+. The van der Waals surface area contributed by atoms with Gasteiger partial charge in [-0.15, -0.1) is 0 Å². The van der Waals surface area contributed by atoms with Crippen LogP contribution in [-0.2, 0) is 14.3 Å². The fourth-order valence-electron chi connectivity index (χ4n) is 2.05. The van der Waals surface area contributed by atoms with Crippen molar-refractivity contribution in [3.63, 3.8) is 0 Å². The maximum absolute atomic E-state index is 11.1. The maximum atomic E-state index is 11.1. The van der Waals surface area contributed by atoms with E-state index in [-0.39, 0.29) is 50.6 Å². The normalized spacial score (nSPS) is 9.95. The Bertz CT molecular complexity index is 257. The van der Waals surface area contributed by atoms with Crippen LogP contribution in [0, 0.1) is 0 Å². The summed E-state index contributed by atoms with van der Waals surface area (Å²) in [5.74, 6) is -1.65. The van der Waals surface area contributed by atoms with E-state index in [1.807, 2.05) is 0 Å². The summed E-state index contributed by atoms with van der Waals surface area (Å²) in [6, 6.07) is 0. The molecule has 0 aliphatic heterocycles. The molecule has 0 saturated heterocycles. The first-order valence-electron chi connectivity index (χ1n) is 8.02. The van der Waals surface area contributed by atoms with Crippen LogP contribution in [-0.4, -0.2) is 56.3 Å². The van der Waals surface area contributed by atoms with Gasteiger partial charge in [0.2, 0.25) is 0 Å². The molecule has 0 aromatic heterocycles. The number of ether oxygens (including phenoxy) is 1. The molecule has 0 radical (unpaired) electrons. The fraction of sp³-hybridized carbons (Fsp3) is 0.875. The predicted octanol–water partition coefficient (Wildman–Crippen LogP) is 2.60. The van der Waals surface area contributed by atoms with Crippen LogP contribution >= 0.6 is 0 Å². The quantitative estimate of drug-likeness (QED) is 0.280. The summed E-state index contributed by atoms with van der Waals surface area (Å²) in [6.07, 6.45) is 12.0. The molecule has 0 atom stereocenters. The molecule has 0 aromatic rings. The second-order valence-electron chi connectivity index (χ2n) is 5.27. The Morgan fingerprint density at radius 3 is 1.76 bits per heavy atom. The minimum Gasteiger partial charge on any atom is -0.550 e. The molecule has 0 rings (SSSR count). The van der Waals surface area contributed by atoms with Crippen LogP contribution in [0.15, 0.2) is 0 Å². The van der Waals surface area contributed by atoms with Crippen LogP contribution < -0.4 is 5.11 Å². The standard InChI is InChI=1S/C16H30O4.Ca/c1-2-3-4-5-6-7-8-9-10-11-14-20-16(19)13-12-15(17)18;/h2-14H2,1H3,(H,17,18);/q;+2/p-1. The van der Waals surface area contributed by atoms with Crippen molar-refractivity contribution in [2.75, 3.05) is 6.61 Å². The van der Waals surface area contributed by atoms with Crippen LogP contribution in [0.2, 0.25) is 0 Å². The van der Waals surface area contributed by atoms with Gasteiger partial charge in [0.05, 0.1) is 13.0 Å². The van der Waals surface area contributed by atoms with Gasteiger partial charge in [-0.2, -0.15) is 0 Å². The van der Waals surface area contributed by atoms with Crippen molar-refractivity contribution in [2.45, 2.75) is 84.0 Å². The number of hydrogen-bond donors (Lipinski definition) is 0. The van der Waals surface area contributed by atoms with E-state index in [2.05, 4.69) is 6.92 Å². The summed E-state index contributed by atoms with van der Waals surface area (Å²) in [7, 11) is 0. The molecular weight excluding hydrogens is 296 g/mol. The first kappa shape index (κ1) is 23.5. The molecule has 5 heteroatoms. The number of rotatable bonds is 14. The van der Waals surface area contributed by atoms with Crippen molar-refractivity contribution >= 4 is 49.7 Å². The first-order chi connectivity index (χ1) is 9.66. The molecule has 4 nitrogen and oxygen atoms in total. The van der Waals surface area contributed by atoms with Gasteiger partial charge in [-0.1, -0.05) is 64.7 Å². The molecule has 0 N–H and O–H groups in total. The summed E-state index contributed by atoms with van der Waals surface area (Å²) in [6.45, 7) is 2.63. The molecule has 118 valence electrons. The molecule has 0 aromatic carbocycles. The van der Waals surface area contributed by atoms with Crippen LogP contribution in [0.4, 0.5) is 0 Å². The Morgan fingerprint density at radius 1 is 0.810 bits per heavy atom. The Hall–Kier alpha value is 0.200. The average molecular weight is 325 g/mol. The fourth-order valence-corrected chi connectivity index (χ4v) is 2.05. The number of unbranched alkanes of at least 4 members (excludes halogenated alkanes) is 9. The zero-order valence-electron chi connectivity index (χ0n) is 13.5. The van der Waals surface area contributed by atoms with Gasteiger partial charge in [-0.05, 0) is 12.8 Å². The van der Waals surface area contributed by atoms with Gasteiger partial charge < -0.3 is 14.6 Å². The van der Waals surface area contributed by atoms with E-state index >= 15 is 0 Å². The summed E-state index contributed by atoms with van der Waals surface area (Å²) < 4.78 is 4.93. The average Bonchev–Trinajstić information content (AvgIpc) is 2.42. The van der Waals surface area contributed by atoms with Gasteiger partial charge in [0.25, 0.3) is 0 Å². The van der Waals surface area contributed by atoms with Gasteiger partial charge in [0.15, 0.2) is 0 Å². The van der Waals surface area contributed by atoms with Crippen molar-refractivity contribution in [1.82, 2.24) is 0 Å². The third-order valence-electron chi connectivity index (χ3n) is 3.29. The largest absolute Gasteiger partial charge is 2.00 e. The van der Waals surface area contributed by atoms with Crippen LogP contribution in [0.1, 0.15) is 84.0 Å². The second-order valence-corrected chi connectivity index (χ2v) is 5.27. The van der Waals surface area contributed by atoms with Gasteiger partial charge >= 0.3 is 43.7 Å². The third-order valence-corrected chi connectivity index (χ3v) is 3.29. The van der Waals surface area contributed by atoms with E-state index in [4.69, 9.17) is 4.74 Å². The van der Waals surface area contributed by atoms with Gasteiger partial charge in [0.1, 0.15) is 0 Å². The van der Waals surface area contributed by atoms with E-state index in [0.717, 1.165) is 12.8 Å². The number of esters is 1. The van der Waals surface area contributed by atoms with Gasteiger partial charge in [0, 0.05) is 5.97 Å². The Morgan fingerprint density at radius 2 is 1.29 bits per heavy atom. The zero-order chi connectivity index (χ0) is 15.1. The van der Waals surface area contributed by atoms with Crippen LogP contribution in [0.25, 0.3) is 0 Å². The minimum atomic E-state index is -1.21. The SMILES string of the molecule is CCCCCCCCCCCCOC(=O)CCC(=O)[O-].[Ca+2]. The van der Waals surface area contributed by atoms with E-state index < -0.39 is 11.9 Å². The van der Waals surface area contributed by atoms with E-state index in [9.17, 15) is 14.7 Å². The predicted molar refractivity (Wildman–Crippen MR) is 82.8 cm³/mol. The first-order valence-corrected chi connectivity index (χ1v) is 8.02. The molecule has 0 bridgehead atoms. The number of aliphatic carboxylic acids is 1. The number of carbonyl (C=O) groups is 2. The van der Waals surface area contributed by atoms with E-state index in [1.54, 1.807) is 0 Å². The monoisotopic (exact) mass is 325 g/mol. The zero-order valence-corrected chi connectivity index (χ0v) is 15.7. The summed E-state index contributed by atoms with van der Waals surface area (Å²) in [4.78, 5) is 21.2. The molecule has 0 amide bonds. The third kappa shape index (κ3) is 20.2. The molecule has 21 heavy (non-hydrogen) atoms. The van der Waals surface area contributed by atoms with Gasteiger partial charge in [-0.3, -0.25) is 4.79 Å². The molecule has 0 heterocycles.